The molecule has 0 radical (unpaired) electrons. The summed E-state index contributed by atoms with van der Waals surface area (Å²) in [6.45, 7) is 0.985. The number of hydrogen-bond donors (Lipinski definition) is 0. The lowest BCUT2D eigenvalue weighted by atomic mass is 9.84. The van der Waals surface area contributed by atoms with Crippen LogP contribution >= 0.6 is 0 Å². The number of sulfonamides is 1. The molecule has 2 aromatic rings. The van der Waals surface area contributed by atoms with Gasteiger partial charge in [0.05, 0.1) is 13.0 Å². The van der Waals surface area contributed by atoms with Gasteiger partial charge in [0.1, 0.15) is 4.90 Å². The van der Waals surface area contributed by atoms with Gasteiger partial charge in [0.15, 0.2) is 5.84 Å². The third-order valence-corrected chi connectivity index (χ3v) is 6.49. The molecule has 1 saturated heterocycles. The van der Waals surface area contributed by atoms with E-state index in [-0.39, 0.29) is 22.7 Å². The number of carbonyl (C=O) groups is 1. The minimum Gasteiger partial charge on any atom is -0.469 e. The van der Waals surface area contributed by atoms with E-state index in [4.69, 9.17) is 4.74 Å². The van der Waals surface area contributed by atoms with Crippen molar-refractivity contribution in [2.24, 2.45) is 10.3 Å². The number of likely N-dealkylation sites (tertiary alicyclic amines) is 1. The van der Waals surface area contributed by atoms with Gasteiger partial charge < -0.3 is 9.64 Å². The third kappa shape index (κ3) is 3.23. The summed E-state index contributed by atoms with van der Waals surface area (Å²) in [6, 6.07) is 16.8. The summed E-state index contributed by atoms with van der Waals surface area (Å²) >= 11 is 0. The van der Waals surface area contributed by atoms with Crippen molar-refractivity contribution in [3.63, 3.8) is 0 Å². The van der Waals surface area contributed by atoms with E-state index in [0.29, 0.717) is 30.9 Å². The van der Waals surface area contributed by atoms with E-state index < -0.39 is 10.0 Å². The second-order valence-electron chi connectivity index (χ2n) is 6.85. The van der Waals surface area contributed by atoms with Crippen LogP contribution < -0.4 is 0 Å². The van der Waals surface area contributed by atoms with Gasteiger partial charge >= 0.3 is 5.97 Å². The predicted molar refractivity (Wildman–Crippen MR) is 101 cm³/mol. The zero-order chi connectivity index (χ0) is 19.0. The molecule has 0 bridgehead atoms. The molecule has 2 aromatic carbocycles. The second-order valence-corrected chi connectivity index (χ2v) is 8.43. The lowest BCUT2D eigenvalue weighted by molar-refractivity contribution is -0.147. The maximum atomic E-state index is 12.4. The summed E-state index contributed by atoms with van der Waals surface area (Å²) in [7, 11) is -2.32. The topological polar surface area (TPSA) is 76.0 Å². The molecule has 2 heterocycles. The Morgan fingerprint density at radius 2 is 1.78 bits per heavy atom. The number of nitrogens with zero attached hydrogens (tertiary/aromatic N) is 2. The molecule has 2 atom stereocenters. The smallest absolute Gasteiger partial charge is 0.310 e. The van der Waals surface area contributed by atoms with Gasteiger partial charge in [0, 0.05) is 24.6 Å². The average Bonchev–Trinajstić information content (AvgIpc) is 2.99. The molecule has 2 aliphatic rings. The number of carbonyl (C=O) groups excluding carboxylic acids is 1. The van der Waals surface area contributed by atoms with Gasteiger partial charge in [-0.15, -0.1) is 4.40 Å². The maximum absolute atomic E-state index is 12.4. The first-order chi connectivity index (χ1) is 13.0. The highest BCUT2D eigenvalue weighted by Gasteiger charge is 2.38. The van der Waals surface area contributed by atoms with Gasteiger partial charge in [-0.3, -0.25) is 4.79 Å². The van der Waals surface area contributed by atoms with Crippen molar-refractivity contribution < 1.29 is 17.9 Å². The highest BCUT2D eigenvalue weighted by atomic mass is 32.2. The zero-order valence-corrected chi connectivity index (χ0v) is 15.7. The average molecular weight is 384 g/mol. The Bertz CT molecular complexity index is 1000. The predicted octanol–water partition coefficient (Wildman–Crippen LogP) is 2.41. The van der Waals surface area contributed by atoms with Crippen LogP contribution in [0.2, 0.25) is 0 Å². The molecule has 27 heavy (non-hydrogen) atoms. The Kier molecular flexibility index (Phi) is 4.47. The Morgan fingerprint density at radius 3 is 2.52 bits per heavy atom. The third-order valence-electron chi connectivity index (χ3n) is 5.17. The standard InChI is InChI=1S/C20H20N2O4S/c1-26-20(23)16-11-15(14-7-3-2-4-8-14)12-22(13-16)19-17-9-5-6-10-18(17)27(24,25)21-19/h2-10,15-16H,11-13H2,1H3/t15-,16-/m1/s1. The molecule has 4 rings (SSSR count). The minimum absolute atomic E-state index is 0.0854. The summed E-state index contributed by atoms with van der Waals surface area (Å²) < 4.78 is 33.8. The Morgan fingerprint density at radius 1 is 1.07 bits per heavy atom. The number of rotatable bonds is 2. The van der Waals surface area contributed by atoms with Gasteiger partial charge in [-0.1, -0.05) is 42.5 Å². The van der Waals surface area contributed by atoms with Crippen molar-refractivity contribution in [3.05, 3.63) is 65.7 Å². The van der Waals surface area contributed by atoms with Crippen LogP contribution in [-0.4, -0.2) is 45.3 Å². The Balaban J connectivity index is 1.73. The molecular formula is C20H20N2O4S. The van der Waals surface area contributed by atoms with E-state index in [1.807, 2.05) is 35.2 Å². The van der Waals surface area contributed by atoms with Crippen LogP contribution in [0.3, 0.4) is 0 Å². The van der Waals surface area contributed by atoms with Gasteiger partial charge in [0.25, 0.3) is 10.0 Å². The lowest BCUT2D eigenvalue weighted by Gasteiger charge is -2.38. The molecule has 7 heteroatoms. The fraction of sp³-hybridized carbons (Fsp3) is 0.300. The van der Waals surface area contributed by atoms with Gasteiger partial charge in [-0.05, 0) is 24.1 Å². The summed E-state index contributed by atoms with van der Waals surface area (Å²) in [6.07, 6.45) is 0.662. The molecular weight excluding hydrogens is 364 g/mol. The van der Waals surface area contributed by atoms with Gasteiger partial charge in [-0.2, -0.15) is 8.42 Å². The van der Waals surface area contributed by atoms with Crippen LogP contribution in [0, 0.1) is 5.92 Å². The number of esters is 1. The first-order valence-corrected chi connectivity index (χ1v) is 10.3. The number of ether oxygens (including phenoxy) is 1. The lowest BCUT2D eigenvalue weighted by Crippen LogP contribution is -2.45. The molecule has 2 aliphatic heterocycles. The second kappa shape index (κ2) is 6.81. The molecule has 0 N–H and O–H groups in total. The summed E-state index contributed by atoms with van der Waals surface area (Å²) in [5.41, 5.74) is 1.71. The van der Waals surface area contributed by atoms with Gasteiger partial charge in [-0.25, -0.2) is 0 Å². The van der Waals surface area contributed by atoms with Crippen molar-refractivity contribution in [2.45, 2.75) is 17.2 Å². The maximum Gasteiger partial charge on any atom is 0.310 e. The van der Waals surface area contributed by atoms with Crippen LogP contribution in [0.25, 0.3) is 0 Å². The number of fused-ring (bicyclic) bond motifs is 1. The van der Waals surface area contributed by atoms with E-state index >= 15 is 0 Å². The van der Waals surface area contributed by atoms with Crippen LogP contribution in [0.15, 0.2) is 63.9 Å². The number of amidine groups is 1. The molecule has 0 unspecified atom stereocenters. The van der Waals surface area contributed by atoms with E-state index in [9.17, 15) is 13.2 Å². The van der Waals surface area contributed by atoms with E-state index in [2.05, 4.69) is 4.40 Å². The van der Waals surface area contributed by atoms with E-state index in [0.717, 1.165) is 5.56 Å². The van der Waals surface area contributed by atoms with Crippen molar-refractivity contribution in [1.82, 2.24) is 4.90 Å². The Labute approximate surface area is 158 Å². The monoisotopic (exact) mass is 384 g/mol. The normalized spacial score (nSPS) is 23.4. The first kappa shape index (κ1) is 17.7. The quantitative estimate of drug-likeness (QED) is 0.743. The first-order valence-electron chi connectivity index (χ1n) is 8.81. The molecule has 1 fully saturated rings. The number of methoxy groups -OCH3 is 1. The fourth-order valence-electron chi connectivity index (χ4n) is 3.89. The van der Waals surface area contributed by atoms with E-state index in [1.165, 1.54) is 7.11 Å². The van der Waals surface area contributed by atoms with Crippen molar-refractivity contribution in [1.29, 1.82) is 0 Å². The SMILES string of the molecule is COC(=O)[C@@H]1C[C@@H](c2ccccc2)CN(C2=NS(=O)(=O)c3ccccc32)C1. The van der Waals surface area contributed by atoms with Crippen LogP contribution in [0.4, 0.5) is 0 Å². The molecule has 6 nitrogen and oxygen atoms in total. The number of hydrogen-bond acceptors (Lipinski definition) is 5. The molecule has 0 saturated carbocycles. The summed E-state index contributed by atoms with van der Waals surface area (Å²) in [5.74, 6) is -0.121. The van der Waals surface area contributed by atoms with Crippen LogP contribution in [-0.2, 0) is 19.6 Å². The summed E-state index contributed by atoms with van der Waals surface area (Å²) in [5, 5.41) is 0. The minimum atomic E-state index is -3.70. The highest BCUT2D eigenvalue weighted by Crippen LogP contribution is 2.35. The van der Waals surface area contributed by atoms with Crippen molar-refractivity contribution in [3.8, 4) is 0 Å². The number of piperidine rings is 1. The largest absolute Gasteiger partial charge is 0.469 e. The zero-order valence-electron chi connectivity index (χ0n) is 14.9. The highest BCUT2D eigenvalue weighted by molar-refractivity contribution is 7.90. The number of benzene rings is 2. The molecule has 140 valence electrons. The van der Waals surface area contributed by atoms with E-state index in [1.54, 1.807) is 24.3 Å². The molecule has 0 aromatic heterocycles. The van der Waals surface area contributed by atoms with Crippen molar-refractivity contribution >= 4 is 21.8 Å². The fourth-order valence-corrected chi connectivity index (χ4v) is 5.12. The molecule has 0 spiro atoms. The van der Waals surface area contributed by atoms with Crippen LogP contribution in [0.1, 0.15) is 23.5 Å². The Hall–Kier alpha value is -2.67. The van der Waals surface area contributed by atoms with Crippen molar-refractivity contribution in [2.75, 3.05) is 20.2 Å². The molecule has 0 aliphatic carbocycles. The molecule has 0 amide bonds. The summed E-state index contributed by atoms with van der Waals surface area (Å²) in [4.78, 5) is 14.4. The van der Waals surface area contributed by atoms with Crippen LogP contribution in [0.5, 0.6) is 0 Å². The van der Waals surface area contributed by atoms with Gasteiger partial charge in [0.2, 0.25) is 0 Å².